The average molecular weight is 363 g/mol. The highest BCUT2D eigenvalue weighted by Gasteiger charge is 2.41. The van der Waals surface area contributed by atoms with E-state index in [4.69, 9.17) is 11.6 Å². The smallest absolute Gasteiger partial charge is 0.345 e. The third-order valence-corrected chi connectivity index (χ3v) is 4.44. The first-order valence-corrected chi connectivity index (χ1v) is 7.79. The summed E-state index contributed by atoms with van der Waals surface area (Å²) in [5.41, 5.74) is -0.511. The Kier molecular flexibility index (Phi) is 5.80. The van der Waals surface area contributed by atoms with Crippen molar-refractivity contribution in [3.63, 3.8) is 0 Å². The molecule has 0 fully saturated rings. The molecule has 0 aromatic heterocycles. The van der Waals surface area contributed by atoms with E-state index in [9.17, 15) is 30.8 Å². The van der Waals surface area contributed by atoms with E-state index in [1.165, 1.54) is 6.92 Å². The molecule has 0 aliphatic heterocycles. The molecule has 1 rings (SSSR count). The minimum atomic E-state index is -4.93. The van der Waals surface area contributed by atoms with Gasteiger partial charge in [0.15, 0.2) is 0 Å². The highest BCUT2D eigenvalue weighted by Crippen LogP contribution is 2.37. The summed E-state index contributed by atoms with van der Waals surface area (Å²) in [5.74, 6) is -2.29. The largest absolute Gasteiger partial charge is 0.390 e. The second kappa shape index (κ2) is 6.82. The molecule has 0 bridgehead atoms. The summed E-state index contributed by atoms with van der Waals surface area (Å²) < 4.78 is 79.0. The van der Waals surface area contributed by atoms with Crippen LogP contribution in [0.3, 0.4) is 0 Å². The van der Waals surface area contributed by atoms with Crippen LogP contribution in [0.15, 0.2) is 18.2 Å². The topological polar surface area (TPSA) is 60.4 Å². The zero-order valence-electron chi connectivity index (χ0n) is 11.2. The van der Waals surface area contributed by atoms with Gasteiger partial charge >= 0.3 is 22.3 Å². The van der Waals surface area contributed by atoms with Crippen molar-refractivity contribution < 1.29 is 35.0 Å². The molecule has 10 heteroatoms. The number of benzene rings is 1. The first-order chi connectivity index (χ1) is 9.96. The summed E-state index contributed by atoms with van der Waals surface area (Å²) in [7, 11) is -4.93. The van der Waals surface area contributed by atoms with Gasteiger partial charge in [-0.25, -0.2) is 4.39 Å². The van der Waals surface area contributed by atoms with E-state index in [1.807, 2.05) is 0 Å². The number of hydrogen-bond donors (Lipinski definition) is 0. The Balaban J connectivity index is 3.29. The first-order valence-electron chi connectivity index (χ1n) is 5.94. The Bertz CT molecular complexity index is 658. The molecule has 0 spiro atoms. The van der Waals surface area contributed by atoms with Crippen molar-refractivity contribution in [3.8, 4) is 0 Å². The summed E-state index contributed by atoms with van der Waals surface area (Å²) in [5, 5.41) is -2.65. The molecular formula is C12H11ClF4O4S. The van der Waals surface area contributed by atoms with Gasteiger partial charge in [0.05, 0.1) is 11.4 Å². The van der Waals surface area contributed by atoms with Crippen LogP contribution < -0.4 is 0 Å². The van der Waals surface area contributed by atoms with Crippen molar-refractivity contribution in [1.29, 1.82) is 0 Å². The van der Waals surface area contributed by atoms with E-state index in [-0.39, 0.29) is 11.4 Å². The van der Waals surface area contributed by atoms with Crippen molar-refractivity contribution in [2.24, 2.45) is 0 Å². The molecule has 0 N–H and O–H groups in total. The Morgan fingerprint density at radius 3 is 2.41 bits per heavy atom. The normalized spacial score (nSPS) is 13.7. The standard InChI is InChI=1S/C12H11ClF4O4S/c1-2-11(18)21-22(19,20)10(6-12(15,16)17)7-3-4-8(13)9(14)5-7/h3-5,10H,2,6H2,1H3. The molecular weight excluding hydrogens is 352 g/mol. The quantitative estimate of drug-likeness (QED) is 0.591. The zero-order chi connectivity index (χ0) is 17.1. The first kappa shape index (κ1) is 18.7. The Hall–Kier alpha value is -1.35. The van der Waals surface area contributed by atoms with Gasteiger partial charge in [0, 0.05) is 6.42 Å². The maximum absolute atomic E-state index is 13.4. The van der Waals surface area contributed by atoms with Crippen LogP contribution >= 0.6 is 11.6 Å². The number of carbonyl (C=O) groups is 1. The van der Waals surface area contributed by atoms with E-state index in [0.29, 0.717) is 6.07 Å². The molecule has 0 amide bonds. The second-order valence-electron chi connectivity index (χ2n) is 4.28. The van der Waals surface area contributed by atoms with Crippen LogP contribution in [0, 0.1) is 5.82 Å². The maximum atomic E-state index is 13.4. The fourth-order valence-electron chi connectivity index (χ4n) is 1.56. The number of halogens is 5. The van der Waals surface area contributed by atoms with Crippen LogP contribution in [-0.2, 0) is 19.1 Å². The third-order valence-electron chi connectivity index (χ3n) is 2.58. The molecule has 124 valence electrons. The summed E-state index contributed by atoms with van der Waals surface area (Å²) >= 11 is 5.41. The monoisotopic (exact) mass is 362 g/mol. The molecule has 0 saturated heterocycles. The second-order valence-corrected chi connectivity index (χ2v) is 6.41. The number of carbonyl (C=O) groups excluding carboxylic acids is 1. The molecule has 1 atom stereocenters. The lowest BCUT2D eigenvalue weighted by Crippen LogP contribution is -2.25. The highest BCUT2D eigenvalue weighted by molar-refractivity contribution is 7.87. The minimum absolute atomic E-state index is 0.340. The molecule has 0 aliphatic carbocycles. The molecule has 1 aromatic carbocycles. The maximum Gasteiger partial charge on any atom is 0.390 e. The lowest BCUT2D eigenvalue weighted by Gasteiger charge is -2.19. The Morgan fingerprint density at radius 2 is 1.95 bits per heavy atom. The molecule has 0 radical (unpaired) electrons. The number of hydrogen-bond acceptors (Lipinski definition) is 4. The van der Waals surface area contributed by atoms with Crippen LogP contribution in [0.4, 0.5) is 17.6 Å². The third kappa shape index (κ3) is 5.13. The predicted octanol–water partition coefficient (Wildman–Crippen LogP) is 3.76. The fourth-order valence-corrected chi connectivity index (χ4v) is 3.04. The zero-order valence-corrected chi connectivity index (χ0v) is 12.7. The fraction of sp³-hybridized carbons (Fsp3) is 0.417. The Morgan fingerprint density at radius 1 is 1.36 bits per heavy atom. The molecule has 0 heterocycles. The van der Waals surface area contributed by atoms with Gasteiger partial charge in [-0.3, -0.25) is 4.79 Å². The number of alkyl halides is 3. The van der Waals surface area contributed by atoms with Crippen LogP contribution in [0.25, 0.3) is 0 Å². The summed E-state index contributed by atoms with van der Waals surface area (Å²) in [6.45, 7) is 1.28. The van der Waals surface area contributed by atoms with E-state index < -0.39 is 45.3 Å². The van der Waals surface area contributed by atoms with Crippen molar-refractivity contribution in [2.45, 2.75) is 31.2 Å². The van der Waals surface area contributed by atoms with Gasteiger partial charge in [0.2, 0.25) is 0 Å². The minimum Gasteiger partial charge on any atom is -0.345 e. The summed E-state index contributed by atoms with van der Waals surface area (Å²) in [6, 6.07) is 2.42. The molecule has 0 saturated carbocycles. The van der Waals surface area contributed by atoms with Gasteiger partial charge in [0.1, 0.15) is 11.1 Å². The van der Waals surface area contributed by atoms with Crippen LogP contribution in [-0.4, -0.2) is 20.6 Å². The van der Waals surface area contributed by atoms with E-state index in [0.717, 1.165) is 12.1 Å². The average Bonchev–Trinajstić information content (AvgIpc) is 2.37. The van der Waals surface area contributed by atoms with Gasteiger partial charge in [-0.05, 0) is 17.7 Å². The van der Waals surface area contributed by atoms with Crippen LogP contribution in [0.1, 0.15) is 30.6 Å². The lowest BCUT2D eigenvalue weighted by atomic mass is 10.1. The molecule has 1 unspecified atom stereocenters. The highest BCUT2D eigenvalue weighted by atomic mass is 35.5. The van der Waals surface area contributed by atoms with Gasteiger partial charge in [-0.15, -0.1) is 0 Å². The van der Waals surface area contributed by atoms with Gasteiger partial charge < -0.3 is 4.18 Å². The van der Waals surface area contributed by atoms with E-state index in [2.05, 4.69) is 4.18 Å². The molecule has 22 heavy (non-hydrogen) atoms. The predicted molar refractivity (Wildman–Crippen MR) is 70.1 cm³/mol. The van der Waals surface area contributed by atoms with Crippen molar-refractivity contribution >= 4 is 27.7 Å². The van der Waals surface area contributed by atoms with Gasteiger partial charge in [0.25, 0.3) is 0 Å². The van der Waals surface area contributed by atoms with E-state index >= 15 is 0 Å². The van der Waals surface area contributed by atoms with Gasteiger partial charge in [-0.1, -0.05) is 24.6 Å². The van der Waals surface area contributed by atoms with Crippen LogP contribution in [0.5, 0.6) is 0 Å². The SMILES string of the molecule is CCC(=O)OS(=O)(=O)C(CC(F)(F)F)c1ccc(Cl)c(F)c1. The van der Waals surface area contributed by atoms with Crippen LogP contribution in [0.2, 0.25) is 5.02 Å². The molecule has 1 aromatic rings. The number of rotatable bonds is 5. The Labute approximate surface area is 129 Å². The van der Waals surface area contributed by atoms with Crippen molar-refractivity contribution in [1.82, 2.24) is 0 Å². The van der Waals surface area contributed by atoms with E-state index in [1.54, 1.807) is 0 Å². The van der Waals surface area contributed by atoms with Gasteiger partial charge in [-0.2, -0.15) is 21.6 Å². The molecule has 0 aliphatic rings. The van der Waals surface area contributed by atoms with Crippen molar-refractivity contribution in [2.75, 3.05) is 0 Å². The lowest BCUT2D eigenvalue weighted by molar-refractivity contribution is -0.138. The molecule has 4 nitrogen and oxygen atoms in total. The summed E-state index contributed by atoms with van der Waals surface area (Å²) in [6.07, 6.45) is -7.03. The summed E-state index contributed by atoms with van der Waals surface area (Å²) in [4.78, 5) is 11.1. The van der Waals surface area contributed by atoms with Crippen molar-refractivity contribution in [3.05, 3.63) is 34.6 Å².